The van der Waals surface area contributed by atoms with E-state index in [2.05, 4.69) is 0 Å². The molecule has 2 bridgehead atoms. The fourth-order valence-corrected chi connectivity index (χ4v) is 8.07. The predicted molar refractivity (Wildman–Crippen MR) is 136 cm³/mol. The van der Waals surface area contributed by atoms with E-state index in [0.717, 1.165) is 6.92 Å². The second kappa shape index (κ2) is 8.83. The van der Waals surface area contributed by atoms with Gasteiger partial charge in [0, 0.05) is 24.7 Å². The number of aliphatic hydroxyl groups excluding tert-OH is 3. The van der Waals surface area contributed by atoms with E-state index in [1.54, 1.807) is 39.0 Å². The zero-order valence-corrected chi connectivity index (χ0v) is 23.1. The van der Waals surface area contributed by atoms with Gasteiger partial charge in [-0.05, 0) is 50.5 Å². The molecule has 3 fully saturated rings. The van der Waals surface area contributed by atoms with Crippen molar-refractivity contribution >= 4 is 17.9 Å². The smallest absolute Gasteiger partial charge is 0.343 e. The molecule has 3 aliphatic carbocycles. The van der Waals surface area contributed by atoms with Crippen LogP contribution in [0.25, 0.3) is 0 Å². The number of fused-ring (bicyclic) bond motifs is 2. The Kier molecular flexibility index (Phi) is 6.34. The highest BCUT2D eigenvalue weighted by Crippen LogP contribution is 2.74. The lowest BCUT2D eigenvalue weighted by atomic mass is 9.38. The van der Waals surface area contributed by atoms with Gasteiger partial charge >= 0.3 is 17.9 Å². The number of hydrogen-bond acceptors (Lipinski definition) is 11. The van der Waals surface area contributed by atoms with E-state index in [9.17, 15) is 39.9 Å². The van der Waals surface area contributed by atoms with E-state index in [4.69, 9.17) is 14.2 Å². The largest absolute Gasteiger partial charge is 0.463 e. The molecule has 11 heteroatoms. The van der Waals surface area contributed by atoms with Crippen LogP contribution >= 0.6 is 0 Å². The number of rotatable bonds is 4. The van der Waals surface area contributed by atoms with Crippen LogP contribution in [0.15, 0.2) is 41.5 Å². The summed E-state index contributed by atoms with van der Waals surface area (Å²) in [7, 11) is 0. The fourth-order valence-electron chi connectivity index (χ4n) is 8.07. The summed E-state index contributed by atoms with van der Waals surface area (Å²) in [5, 5.41) is 58.7. The number of aliphatic hydroxyl groups is 5. The Hall–Kier alpha value is -2.83. The SMILES string of the molecule is CC(=O)OC[C@@]1(O)[C@H]2[C@H](OC(=O)c3ccccc3)[C@]34C[C@H](O)C(C)=C3[C@@](O)(C(=O)OC4(C)C)[C@]2(C)[C@@H](O)C[C@@H]1O. The van der Waals surface area contributed by atoms with E-state index in [1.807, 2.05) is 0 Å². The van der Waals surface area contributed by atoms with Crippen molar-refractivity contribution in [2.24, 2.45) is 16.7 Å². The molecule has 0 unspecified atom stereocenters. The molecule has 5 N–H and O–H groups in total. The molecule has 2 saturated carbocycles. The van der Waals surface area contributed by atoms with E-state index < -0.39 is 88.9 Å². The van der Waals surface area contributed by atoms with Gasteiger partial charge in [-0.25, -0.2) is 9.59 Å². The highest BCUT2D eigenvalue weighted by Gasteiger charge is 2.86. The monoisotopic (exact) mass is 560 g/mol. The van der Waals surface area contributed by atoms with Gasteiger partial charge in [0.15, 0.2) is 5.60 Å². The van der Waals surface area contributed by atoms with Crippen LogP contribution in [0.3, 0.4) is 0 Å². The minimum absolute atomic E-state index is 0.0589. The van der Waals surface area contributed by atoms with Crippen LogP contribution in [0.1, 0.15) is 57.8 Å². The van der Waals surface area contributed by atoms with Gasteiger partial charge in [0.1, 0.15) is 23.9 Å². The quantitative estimate of drug-likeness (QED) is 0.195. The summed E-state index contributed by atoms with van der Waals surface area (Å²) in [5.41, 5.74) is -9.68. The van der Waals surface area contributed by atoms with Crippen LogP contribution in [0.5, 0.6) is 0 Å². The van der Waals surface area contributed by atoms with Crippen molar-refractivity contribution in [1.29, 1.82) is 0 Å². The van der Waals surface area contributed by atoms with Crippen LogP contribution in [-0.4, -0.2) is 91.3 Å². The number of esters is 3. The molecule has 11 nitrogen and oxygen atoms in total. The predicted octanol–water partition coefficient (Wildman–Crippen LogP) is 0.402. The number of carbonyl (C=O) groups excluding carboxylic acids is 3. The third kappa shape index (κ3) is 3.32. The first kappa shape index (κ1) is 28.7. The molecule has 1 aliphatic heterocycles. The molecule has 0 aromatic heterocycles. The molecule has 1 heterocycles. The maximum atomic E-state index is 13.8. The van der Waals surface area contributed by atoms with E-state index in [-0.39, 0.29) is 23.1 Å². The van der Waals surface area contributed by atoms with Crippen molar-refractivity contribution in [3.8, 4) is 0 Å². The van der Waals surface area contributed by atoms with Crippen LogP contribution in [-0.2, 0) is 23.8 Å². The highest BCUT2D eigenvalue weighted by atomic mass is 16.6. The first-order valence-corrected chi connectivity index (χ1v) is 13.3. The van der Waals surface area contributed by atoms with Crippen molar-refractivity contribution in [2.75, 3.05) is 6.61 Å². The van der Waals surface area contributed by atoms with Crippen molar-refractivity contribution in [2.45, 2.75) is 88.7 Å². The number of benzene rings is 1. The lowest BCUT2D eigenvalue weighted by molar-refractivity contribution is -0.340. The third-order valence-corrected chi connectivity index (χ3v) is 10.2. The molecular formula is C29H36O11. The zero-order chi connectivity index (χ0) is 29.6. The second-order valence-corrected chi connectivity index (χ2v) is 12.4. The molecule has 1 saturated heterocycles. The molecular weight excluding hydrogens is 524 g/mol. The minimum Gasteiger partial charge on any atom is -0.463 e. The van der Waals surface area contributed by atoms with Crippen molar-refractivity contribution in [3.05, 3.63) is 47.0 Å². The summed E-state index contributed by atoms with van der Waals surface area (Å²) >= 11 is 0. The van der Waals surface area contributed by atoms with Gasteiger partial charge in [0.05, 0.1) is 29.3 Å². The molecule has 218 valence electrons. The molecule has 1 aromatic carbocycles. The molecule has 0 spiro atoms. The molecule has 0 amide bonds. The Bertz CT molecular complexity index is 1290. The molecule has 0 radical (unpaired) electrons. The molecule has 9 atom stereocenters. The summed E-state index contributed by atoms with van der Waals surface area (Å²) in [6.45, 7) is 6.35. The summed E-state index contributed by atoms with van der Waals surface area (Å²) in [6, 6.07) is 8.01. The summed E-state index contributed by atoms with van der Waals surface area (Å²) in [6.07, 6.45) is -6.69. The number of cyclic esters (lactones) is 1. The minimum atomic E-state index is -2.60. The van der Waals surface area contributed by atoms with Gasteiger partial charge in [0.2, 0.25) is 0 Å². The normalized spacial score (nSPS) is 43.4. The van der Waals surface area contributed by atoms with Crippen molar-refractivity contribution < 1.29 is 54.1 Å². The van der Waals surface area contributed by atoms with Gasteiger partial charge in [0.25, 0.3) is 0 Å². The van der Waals surface area contributed by atoms with Crippen molar-refractivity contribution in [3.63, 3.8) is 0 Å². The highest BCUT2D eigenvalue weighted by molar-refractivity contribution is 5.91. The summed E-state index contributed by atoms with van der Waals surface area (Å²) in [5.74, 6) is -4.28. The standard InChI is InChI=1S/C29H36O11/c1-14-17(31)12-27-20(14)29(37,24(35)40-25(27,3)4)26(5)18(32)11-19(33)28(36,13-38-15(2)30)21(26)22(27)39-23(34)16-9-7-6-8-10-16/h6-10,17-19,21-22,31-33,36-37H,11-13H2,1-5H3/t17-,18-,19-,21-,22-,26+,27-,28-,29+/m0/s1. The molecule has 40 heavy (non-hydrogen) atoms. The Morgan fingerprint density at radius 3 is 2.27 bits per heavy atom. The Labute approximate surface area is 231 Å². The Morgan fingerprint density at radius 2 is 1.68 bits per heavy atom. The van der Waals surface area contributed by atoms with Gasteiger partial charge in [-0.1, -0.05) is 25.1 Å². The van der Waals surface area contributed by atoms with E-state index >= 15 is 0 Å². The van der Waals surface area contributed by atoms with E-state index in [0.29, 0.717) is 0 Å². The third-order valence-electron chi connectivity index (χ3n) is 10.2. The Morgan fingerprint density at radius 1 is 1.05 bits per heavy atom. The second-order valence-electron chi connectivity index (χ2n) is 12.4. The number of hydrogen-bond donors (Lipinski definition) is 5. The fraction of sp³-hybridized carbons (Fsp3) is 0.621. The molecule has 1 aromatic rings. The lowest BCUT2D eigenvalue weighted by Gasteiger charge is -2.71. The summed E-state index contributed by atoms with van der Waals surface area (Å²) in [4.78, 5) is 39.3. The van der Waals surface area contributed by atoms with Gasteiger partial charge in [-0.2, -0.15) is 0 Å². The van der Waals surface area contributed by atoms with Gasteiger partial charge in [-0.3, -0.25) is 4.79 Å². The topological polar surface area (TPSA) is 180 Å². The lowest BCUT2D eigenvalue weighted by Crippen LogP contribution is -2.85. The number of carbonyl (C=O) groups is 3. The van der Waals surface area contributed by atoms with Crippen molar-refractivity contribution in [1.82, 2.24) is 0 Å². The average molecular weight is 561 g/mol. The van der Waals surface area contributed by atoms with Gasteiger partial charge in [-0.15, -0.1) is 0 Å². The van der Waals surface area contributed by atoms with Crippen LogP contribution < -0.4 is 0 Å². The van der Waals surface area contributed by atoms with E-state index in [1.165, 1.54) is 19.1 Å². The van der Waals surface area contributed by atoms with Crippen LogP contribution in [0.2, 0.25) is 0 Å². The van der Waals surface area contributed by atoms with Crippen LogP contribution in [0, 0.1) is 16.7 Å². The van der Waals surface area contributed by atoms with Crippen LogP contribution in [0.4, 0.5) is 0 Å². The maximum absolute atomic E-state index is 13.8. The molecule has 4 aliphatic rings. The Balaban J connectivity index is 1.85. The van der Waals surface area contributed by atoms with Gasteiger partial charge < -0.3 is 39.7 Å². The first-order valence-electron chi connectivity index (χ1n) is 13.3. The number of ether oxygens (including phenoxy) is 3. The first-order chi connectivity index (χ1) is 18.5. The maximum Gasteiger partial charge on any atom is 0.343 e. The molecule has 5 rings (SSSR count). The summed E-state index contributed by atoms with van der Waals surface area (Å²) < 4.78 is 17.2. The average Bonchev–Trinajstić information content (AvgIpc) is 3.17. The zero-order valence-electron chi connectivity index (χ0n) is 23.1.